The molecule has 0 bridgehead atoms. The van der Waals surface area contributed by atoms with Crippen LogP contribution in [0.3, 0.4) is 0 Å². The maximum Gasteiger partial charge on any atom is 0.228 e. The Morgan fingerprint density at radius 2 is 1.88 bits per heavy atom. The molecule has 3 heterocycles. The van der Waals surface area contributed by atoms with E-state index in [0.29, 0.717) is 30.6 Å². The van der Waals surface area contributed by atoms with Crippen LogP contribution in [0.25, 0.3) is 11.0 Å². The van der Waals surface area contributed by atoms with Gasteiger partial charge < -0.3 is 23.6 Å². The predicted octanol–water partition coefficient (Wildman–Crippen LogP) is 5.85. The van der Waals surface area contributed by atoms with Crippen LogP contribution in [0.1, 0.15) is 28.6 Å². The van der Waals surface area contributed by atoms with E-state index in [1.807, 2.05) is 48.5 Å². The first-order chi connectivity index (χ1) is 16.6. The fraction of sp³-hybridized carbons (Fsp3) is 0.231. The lowest BCUT2D eigenvalue weighted by Crippen LogP contribution is -2.40. The van der Waals surface area contributed by atoms with Crippen molar-refractivity contribution in [2.75, 3.05) is 20.8 Å². The number of hydrogen-bond acceptors (Lipinski definition) is 7. The first kappa shape index (κ1) is 22.3. The fourth-order valence-electron chi connectivity index (χ4n) is 4.08. The zero-order chi connectivity index (χ0) is 23.7. The van der Waals surface area contributed by atoms with E-state index in [0.717, 1.165) is 32.5 Å². The minimum Gasteiger partial charge on any atom is -0.497 e. The number of furan rings is 1. The molecule has 34 heavy (non-hydrogen) atoms. The summed E-state index contributed by atoms with van der Waals surface area (Å²) < 4.78 is 17.8. The number of aryl methyl sites for hydroxylation is 1. The fourth-order valence-corrected chi connectivity index (χ4v) is 4.47. The van der Waals surface area contributed by atoms with Gasteiger partial charge >= 0.3 is 0 Å². The van der Waals surface area contributed by atoms with E-state index in [1.165, 1.54) is 5.56 Å². The van der Waals surface area contributed by atoms with Crippen LogP contribution >= 0.6 is 15.9 Å². The molecule has 8 heteroatoms. The van der Waals surface area contributed by atoms with E-state index in [2.05, 4.69) is 50.0 Å². The van der Waals surface area contributed by atoms with Crippen molar-refractivity contribution in [1.29, 1.82) is 0 Å². The van der Waals surface area contributed by atoms with Crippen molar-refractivity contribution in [2.24, 2.45) is 5.16 Å². The van der Waals surface area contributed by atoms with E-state index in [1.54, 1.807) is 14.2 Å². The standard InChI is InChI=1S/C26H24BrN3O4/c1-16-5-4-6-23-19(16)13-24(34-23)22-15-33-29-25(21-12-11-20(27)26(28-21)32-3)30(22)14-17-7-9-18(31-2)10-8-17/h4-13,22H,14-15H2,1-3H3. The quantitative estimate of drug-likeness (QED) is 0.317. The third kappa shape index (κ3) is 4.21. The van der Waals surface area contributed by atoms with Crippen LogP contribution in [-0.4, -0.2) is 36.5 Å². The Labute approximate surface area is 206 Å². The van der Waals surface area contributed by atoms with E-state index in [-0.39, 0.29) is 6.04 Å². The molecule has 4 aromatic rings. The highest BCUT2D eigenvalue weighted by Gasteiger charge is 2.33. The number of pyridine rings is 1. The Bertz CT molecular complexity index is 1350. The van der Waals surface area contributed by atoms with Gasteiger partial charge in [-0.15, -0.1) is 0 Å². The van der Waals surface area contributed by atoms with Crippen LogP contribution in [0.15, 0.2) is 74.7 Å². The minimum atomic E-state index is -0.196. The van der Waals surface area contributed by atoms with Crippen LogP contribution in [0.4, 0.5) is 0 Å². The third-order valence-electron chi connectivity index (χ3n) is 5.91. The van der Waals surface area contributed by atoms with Crippen molar-refractivity contribution in [3.8, 4) is 11.6 Å². The third-order valence-corrected chi connectivity index (χ3v) is 6.51. The summed E-state index contributed by atoms with van der Waals surface area (Å²) >= 11 is 3.47. The average molecular weight is 522 g/mol. The number of amidine groups is 1. The molecule has 5 rings (SSSR count). The lowest BCUT2D eigenvalue weighted by molar-refractivity contribution is 0.0500. The SMILES string of the molecule is COc1ccc(CN2C(c3ccc(Br)c(OC)n3)=NOCC2c2cc3c(C)cccc3o2)cc1. The molecule has 7 nitrogen and oxygen atoms in total. The second-order valence-electron chi connectivity index (χ2n) is 8.03. The summed E-state index contributed by atoms with van der Waals surface area (Å²) in [5, 5.41) is 5.50. The number of benzene rings is 2. The van der Waals surface area contributed by atoms with Gasteiger partial charge in [-0.2, -0.15) is 0 Å². The molecule has 1 unspecified atom stereocenters. The molecule has 2 aromatic heterocycles. The van der Waals surface area contributed by atoms with Gasteiger partial charge in [0.2, 0.25) is 5.88 Å². The monoisotopic (exact) mass is 521 g/mol. The summed E-state index contributed by atoms with van der Waals surface area (Å²) in [6.07, 6.45) is 0. The highest BCUT2D eigenvalue weighted by Crippen LogP contribution is 2.34. The van der Waals surface area contributed by atoms with E-state index >= 15 is 0 Å². The minimum absolute atomic E-state index is 0.196. The van der Waals surface area contributed by atoms with Crippen molar-refractivity contribution >= 4 is 32.7 Å². The Morgan fingerprint density at radius 3 is 2.62 bits per heavy atom. The summed E-state index contributed by atoms with van der Waals surface area (Å²) in [5.41, 5.74) is 3.76. The zero-order valence-corrected chi connectivity index (χ0v) is 20.7. The van der Waals surface area contributed by atoms with Gasteiger partial charge in [0.05, 0.1) is 18.7 Å². The molecule has 0 spiro atoms. The topological polar surface area (TPSA) is 69.3 Å². The zero-order valence-electron chi connectivity index (χ0n) is 19.1. The van der Waals surface area contributed by atoms with E-state index in [4.69, 9.17) is 18.7 Å². The number of hydrogen-bond donors (Lipinski definition) is 0. The Balaban J connectivity index is 1.58. The van der Waals surface area contributed by atoms with Crippen molar-refractivity contribution in [2.45, 2.75) is 19.5 Å². The Kier molecular flexibility index (Phi) is 6.15. The molecule has 0 fully saturated rings. The molecule has 1 aliphatic rings. The predicted molar refractivity (Wildman–Crippen MR) is 133 cm³/mol. The molecule has 0 N–H and O–H groups in total. The molecule has 1 aliphatic heterocycles. The maximum atomic E-state index is 6.29. The lowest BCUT2D eigenvalue weighted by Gasteiger charge is -2.35. The van der Waals surface area contributed by atoms with Crippen LogP contribution in [-0.2, 0) is 11.4 Å². The molecule has 0 amide bonds. The smallest absolute Gasteiger partial charge is 0.228 e. The van der Waals surface area contributed by atoms with Crippen molar-refractivity contribution in [3.05, 3.63) is 87.7 Å². The van der Waals surface area contributed by atoms with E-state index < -0.39 is 0 Å². The van der Waals surface area contributed by atoms with Crippen LogP contribution in [0, 0.1) is 6.92 Å². The highest BCUT2D eigenvalue weighted by molar-refractivity contribution is 9.10. The normalized spacial score (nSPS) is 15.7. The maximum absolute atomic E-state index is 6.29. The number of ether oxygens (including phenoxy) is 2. The second kappa shape index (κ2) is 9.38. The molecule has 0 aliphatic carbocycles. The molecule has 174 valence electrons. The van der Waals surface area contributed by atoms with Crippen molar-refractivity contribution in [3.63, 3.8) is 0 Å². The molecule has 1 atom stereocenters. The molecule has 0 radical (unpaired) electrons. The molecule has 2 aromatic carbocycles. The van der Waals surface area contributed by atoms with Gasteiger partial charge in [-0.3, -0.25) is 0 Å². The highest BCUT2D eigenvalue weighted by atomic mass is 79.9. The number of aromatic nitrogens is 1. The van der Waals surface area contributed by atoms with Gasteiger partial charge in [0.1, 0.15) is 35.4 Å². The number of nitrogens with zero attached hydrogens (tertiary/aromatic N) is 3. The number of rotatable bonds is 6. The number of halogens is 1. The summed E-state index contributed by atoms with van der Waals surface area (Å²) in [4.78, 5) is 12.5. The van der Waals surface area contributed by atoms with Gasteiger partial charge in [-0.1, -0.05) is 29.4 Å². The summed E-state index contributed by atoms with van der Waals surface area (Å²) in [6, 6.07) is 19.7. The van der Waals surface area contributed by atoms with Gasteiger partial charge in [-0.05, 0) is 70.4 Å². The van der Waals surface area contributed by atoms with E-state index in [9.17, 15) is 0 Å². The van der Waals surface area contributed by atoms with Crippen molar-refractivity contribution in [1.82, 2.24) is 9.88 Å². The lowest BCUT2D eigenvalue weighted by atomic mass is 10.1. The largest absolute Gasteiger partial charge is 0.497 e. The number of methoxy groups -OCH3 is 2. The summed E-state index contributed by atoms with van der Waals surface area (Å²) in [6.45, 7) is 3.01. The number of oxime groups is 1. The Morgan fingerprint density at radius 1 is 1.06 bits per heavy atom. The van der Waals surface area contributed by atoms with Gasteiger partial charge in [-0.25, -0.2) is 4.98 Å². The summed E-state index contributed by atoms with van der Waals surface area (Å²) in [7, 11) is 3.25. The van der Waals surface area contributed by atoms with Crippen LogP contribution < -0.4 is 9.47 Å². The van der Waals surface area contributed by atoms with Gasteiger partial charge in [0.15, 0.2) is 5.84 Å². The number of fused-ring (bicyclic) bond motifs is 1. The van der Waals surface area contributed by atoms with Crippen LogP contribution in [0.5, 0.6) is 11.6 Å². The Hall–Kier alpha value is -3.52. The summed E-state index contributed by atoms with van der Waals surface area (Å²) in [5.74, 6) is 2.71. The molecule has 0 saturated heterocycles. The second-order valence-corrected chi connectivity index (χ2v) is 8.88. The van der Waals surface area contributed by atoms with Crippen LogP contribution in [0.2, 0.25) is 0 Å². The van der Waals surface area contributed by atoms with Gasteiger partial charge in [0.25, 0.3) is 0 Å². The molecule has 0 saturated carbocycles. The van der Waals surface area contributed by atoms with Gasteiger partial charge in [0, 0.05) is 11.9 Å². The molecular formula is C26H24BrN3O4. The first-order valence-electron chi connectivity index (χ1n) is 10.9. The average Bonchev–Trinajstić information content (AvgIpc) is 3.31. The first-order valence-corrected chi connectivity index (χ1v) is 11.7. The molecular weight excluding hydrogens is 498 g/mol. The van der Waals surface area contributed by atoms with Crippen molar-refractivity contribution < 1.29 is 18.7 Å².